The number of ether oxygens (including phenoxy) is 1. The van der Waals surface area contributed by atoms with Crippen molar-refractivity contribution in [1.82, 2.24) is 0 Å². The van der Waals surface area contributed by atoms with Gasteiger partial charge in [0.25, 0.3) is 0 Å². The van der Waals surface area contributed by atoms with Gasteiger partial charge in [-0.1, -0.05) is 96.0 Å². The Balaban J connectivity index is 1.82. The van der Waals surface area contributed by atoms with Gasteiger partial charge in [0.05, 0.1) is 21.4 Å². The lowest BCUT2D eigenvalue weighted by Crippen LogP contribution is -2.13. The van der Waals surface area contributed by atoms with Gasteiger partial charge in [0.1, 0.15) is 12.2 Å². The molecule has 0 saturated heterocycles. The minimum absolute atomic E-state index is 0.374. The third kappa shape index (κ3) is 4.86. The number of halogens is 2. The van der Waals surface area contributed by atoms with E-state index >= 15 is 0 Å². The van der Waals surface area contributed by atoms with E-state index in [4.69, 9.17) is 39.4 Å². The van der Waals surface area contributed by atoms with Crippen molar-refractivity contribution in [1.29, 1.82) is 0 Å². The van der Waals surface area contributed by atoms with Gasteiger partial charge >= 0.3 is 0 Å². The highest BCUT2D eigenvalue weighted by Gasteiger charge is 2.24. The van der Waals surface area contributed by atoms with Gasteiger partial charge in [-0.2, -0.15) is 0 Å². The summed E-state index contributed by atoms with van der Waals surface area (Å²) in [6.07, 6.45) is -0.748. The minimum atomic E-state index is -0.374. The summed E-state index contributed by atoms with van der Waals surface area (Å²) in [5, 5.41) is 0.989. The first kappa shape index (κ1) is 21.3. The monoisotopic (exact) mass is 448 g/mol. The molecule has 4 aromatic rings. The summed E-state index contributed by atoms with van der Waals surface area (Å²) in [5.41, 5.74) is 16.8. The Labute approximate surface area is 192 Å². The van der Waals surface area contributed by atoms with E-state index in [-0.39, 0.29) is 12.2 Å². The van der Waals surface area contributed by atoms with Crippen molar-refractivity contribution in [2.24, 2.45) is 0 Å². The van der Waals surface area contributed by atoms with Crippen molar-refractivity contribution in [3.8, 4) is 0 Å². The largest absolute Gasteiger partial charge is 0.398 e. The van der Waals surface area contributed by atoms with Gasteiger partial charge < -0.3 is 16.2 Å². The van der Waals surface area contributed by atoms with E-state index in [9.17, 15) is 0 Å². The Bertz CT molecular complexity index is 1070. The van der Waals surface area contributed by atoms with Gasteiger partial charge in [-0.05, 0) is 46.5 Å². The van der Waals surface area contributed by atoms with Crippen LogP contribution in [0.2, 0.25) is 10.0 Å². The third-order valence-corrected chi connectivity index (χ3v) is 5.79. The van der Waals surface area contributed by atoms with Crippen LogP contribution in [-0.4, -0.2) is 0 Å². The molecule has 2 unspecified atom stereocenters. The molecule has 4 aromatic carbocycles. The molecule has 2 atom stereocenters. The Morgan fingerprint density at radius 1 is 0.516 bits per heavy atom. The predicted molar refractivity (Wildman–Crippen MR) is 129 cm³/mol. The quantitative estimate of drug-likeness (QED) is 0.310. The van der Waals surface area contributed by atoms with Crippen molar-refractivity contribution in [2.45, 2.75) is 12.2 Å². The summed E-state index contributed by atoms with van der Waals surface area (Å²) < 4.78 is 6.79. The van der Waals surface area contributed by atoms with Crippen LogP contribution in [-0.2, 0) is 4.74 Å². The lowest BCUT2D eigenvalue weighted by Gasteiger charge is -2.27. The van der Waals surface area contributed by atoms with E-state index in [2.05, 4.69) is 0 Å². The SMILES string of the molecule is Nc1ccc(C(OC(c2ccccc2)c2ccc(N)c(Cl)c2)c2ccccc2)cc1Cl. The molecule has 0 aliphatic carbocycles. The molecule has 4 rings (SSSR count). The molecule has 0 aliphatic heterocycles. The first-order valence-electron chi connectivity index (χ1n) is 9.88. The molecule has 3 nitrogen and oxygen atoms in total. The molecule has 0 heterocycles. The molecule has 0 radical (unpaired) electrons. The minimum Gasteiger partial charge on any atom is -0.398 e. The fourth-order valence-corrected chi connectivity index (χ4v) is 3.88. The first-order chi connectivity index (χ1) is 15.0. The van der Waals surface area contributed by atoms with Crippen molar-refractivity contribution >= 4 is 34.6 Å². The van der Waals surface area contributed by atoms with Crippen molar-refractivity contribution in [2.75, 3.05) is 11.5 Å². The van der Waals surface area contributed by atoms with E-state index in [0.717, 1.165) is 22.3 Å². The molecular weight excluding hydrogens is 427 g/mol. The molecule has 0 saturated carbocycles. The first-order valence-corrected chi connectivity index (χ1v) is 10.6. The van der Waals surface area contributed by atoms with Crippen LogP contribution < -0.4 is 11.5 Å². The van der Waals surface area contributed by atoms with Crippen LogP contribution in [0.15, 0.2) is 97.1 Å². The normalized spacial score (nSPS) is 13.0. The maximum Gasteiger partial charge on any atom is 0.109 e. The average molecular weight is 449 g/mol. The molecule has 31 heavy (non-hydrogen) atoms. The lowest BCUT2D eigenvalue weighted by molar-refractivity contribution is 0.0309. The summed E-state index contributed by atoms with van der Waals surface area (Å²) in [6, 6.07) is 31.2. The summed E-state index contributed by atoms with van der Waals surface area (Å²) >= 11 is 12.7. The maximum atomic E-state index is 6.79. The van der Waals surface area contributed by atoms with E-state index in [0.29, 0.717) is 21.4 Å². The molecule has 156 valence electrons. The van der Waals surface area contributed by atoms with E-state index < -0.39 is 0 Å². The lowest BCUT2D eigenvalue weighted by atomic mass is 9.97. The summed E-state index contributed by atoms with van der Waals surface area (Å²) in [5.74, 6) is 0. The number of rotatable bonds is 6. The van der Waals surface area contributed by atoms with Gasteiger partial charge in [0.15, 0.2) is 0 Å². The maximum absolute atomic E-state index is 6.79. The predicted octanol–water partition coefficient (Wildman–Crippen LogP) is 7.05. The highest BCUT2D eigenvalue weighted by Crippen LogP contribution is 2.38. The fraction of sp³-hybridized carbons (Fsp3) is 0.0769. The summed E-state index contributed by atoms with van der Waals surface area (Å²) in [6.45, 7) is 0. The second-order valence-corrected chi connectivity index (χ2v) is 8.09. The number of anilines is 2. The standard InChI is InChI=1S/C26H22Cl2N2O/c27-21-15-19(11-13-23(21)29)25(17-7-3-1-4-8-17)31-26(18-9-5-2-6-10-18)20-12-14-24(30)22(28)16-20/h1-16,25-26H,29-30H2. The molecular formula is C26H22Cl2N2O. The number of hydrogen-bond donors (Lipinski definition) is 2. The Hall–Kier alpha value is -2.98. The van der Waals surface area contributed by atoms with Crippen LogP contribution >= 0.6 is 23.2 Å². The van der Waals surface area contributed by atoms with Crippen LogP contribution in [0.4, 0.5) is 11.4 Å². The van der Waals surface area contributed by atoms with Crippen LogP contribution in [0, 0.1) is 0 Å². The Morgan fingerprint density at radius 2 is 0.903 bits per heavy atom. The molecule has 0 amide bonds. The number of hydrogen-bond acceptors (Lipinski definition) is 3. The van der Waals surface area contributed by atoms with Crippen LogP contribution in [0.1, 0.15) is 34.5 Å². The Morgan fingerprint density at radius 3 is 1.26 bits per heavy atom. The highest BCUT2D eigenvalue weighted by atomic mass is 35.5. The molecule has 0 fully saturated rings. The number of nitrogens with two attached hydrogens (primary N) is 2. The van der Waals surface area contributed by atoms with Gasteiger partial charge in [-0.3, -0.25) is 0 Å². The smallest absolute Gasteiger partial charge is 0.109 e. The summed E-state index contributed by atoms with van der Waals surface area (Å²) in [7, 11) is 0. The zero-order valence-electron chi connectivity index (χ0n) is 16.7. The van der Waals surface area contributed by atoms with Crippen LogP contribution in [0.25, 0.3) is 0 Å². The van der Waals surface area contributed by atoms with Gasteiger partial charge in [-0.15, -0.1) is 0 Å². The van der Waals surface area contributed by atoms with Gasteiger partial charge in [0, 0.05) is 0 Å². The van der Waals surface area contributed by atoms with E-state index in [1.54, 1.807) is 12.1 Å². The molecule has 0 aromatic heterocycles. The number of benzene rings is 4. The molecule has 4 N–H and O–H groups in total. The van der Waals surface area contributed by atoms with E-state index in [1.807, 2.05) is 84.9 Å². The molecule has 0 spiro atoms. The van der Waals surface area contributed by atoms with Crippen molar-refractivity contribution in [3.05, 3.63) is 129 Å². The van der Waals surface area contributed by atoms with Crippen molar-refractivity contribution < 1.29 is 4.74 Å². The van der Waals surface area contributed by atoms with E-state index in [1.165, 1.54) is 0 Å². The second-order valence-electron chi connectivity index (χ2n) is 7.28. The second kappa shape index (κ2) is 9.44. The summed E-state index contributed by atoms with van der Waals surface area (Å²) in [4.78, 5) is 0. The topological polar surface area (TPSA) is 61.3 Å². The average Bonchev–Trinajstić information content (AvgIpc) is 2.80. The van der Waals surface area contributed by atoms with Gasteiger partial charge in [-0.25, -0.2) is 0 Å². The van der Waals surface area contributed by atoms with Gasteiger partial charge in [0.2, 0.25) is 0 Å². The number of nitrogen functional groups attached to an aromatic ring is 2. The third-order valence-electron chi connectivity index (χ3n) is 5.13. The van der Waals surface area contributed by atoms with Crippen molar-refractivity contribution in [3.63, 3.8) is 0 Å². The van der Waals surface area contributed by atoms with Crippen LogP contribution in [0.5, 0.6) is 0 Å². The highest BCUT2D eigenvalue weighted by molar-refractivity contribution is 6.33. The zero-order chi connectivity index (χ0) is 21.8. The molecule has 0 bridgehead atoms. The Kier molecular flexibility index (Phi) is 6.47. The zero-order valence-corrected chi connectivity index (χ0v) is 18.2. The molecule has 5 heteroatoms. The molecule has 0 aliphatic rings. The van der Waals surface area contributed by atoms with Crippen LogP contribution in [0.3, 0.4) is 0 Å². The fourth-order valence-electron chi connectivity index (χ4n) is 3.50.